The number of nitrogens with zero attached hydrogens (tertiary/aromatic N) is 1. The lowest BCUT2D eigenvalue weighted by Gasteiger charge is -2.37. The van der Waals surface area contributed by atoms with Gasteiger partial charge in [0.1, 0.15) is 6.04 Å². The fraction of sp³-hybridized carbons (Fsp3) is 0.882. The van der Waals surface area contributed by atoms with Crippen molar-refractivity contribution in [2.45, 2.75) is 84.1 Å². The van der Waals surface area contributed by atoms with E-state index in [2.05, 4.69) is 5.32 Å². The summed E-state index contributed by atoms with van der Waals surface area (Å²) in [6.45, 7) is 12.6. The first-order chi connectivity index (χ1) is 10.5. The highest BCUT2D eigenvalue weighted by atomic mass is 16.5. The van der Waals surface area contributed by atoms with E-state index < -0.39 is 17.7 Å². The monoisotopic (exact) mass is 328 g/mol. The summed E-state index contributed by atoms with van der Waals surface area (Å²) in [4.78, 5) is 25.8. The summed E-state index contributed by atoms with van der Waals surface area (Å²) in [7, 11) is 1.34. The maximum atomic E-state index is 12.6. The molecule has 0 radical (unpaired) electrons. The van der Waals surface area contributed by atoms with Gasteiger partial charge in [-0.3, -0.25) is 9.69 Å². The van der Waals surface area contributed by atoms with E-state index in [9.17, 15) is 9.59 Å². The van der Waals surface area contributed by atoms with Crippen LogP contribution in [-0.4, -0.2) is 53.8 Å². The van der Waals surface area contributed by atoms with Crippen molar-refractivity contribution in [2.75, 3.05) is 13.7 Å². The summed E-state index contributed by atoms with van der Waals surface area (Å²) in [5.41, 5.74) is -0.775. The molecule has 0 spiro atoms. The maximum Gasteiger partial charge on any atom is 0.410 e. The molecule has 2 amide bonds. The lowest BCUT2D eigenvalue weighted by atomic mass is 9.88. The smallest absolute Gasteiger partial charge is 0.410 e. The van der Waals surface area contributed by atoms with E-state index >= 15 is 0 Å². The minimum Gasteiger partial charge on any atom is -0.453 e. The maximum absolute atomic E-state index is 12.6. The molecule has 0 aromatic rings. The van der Waals surface area contributed by atoms with E-state index in [1.807, 2.05) is 41.5 Å². The highest BCUT2D eigenvalue weighted by Gasteiger charge is 2.38. The van der Waals surface area contributed by atoms with Crippen LogP contribution in [0.5, 0.6) is 0 Å². The number of carbonyl (C=O) groups excluding carboxylic acids is 2. The molecule has 1 saturated heterocycles. The van der Waals surface area contributed by atoms with Gasteiger partial charge in [0.05, 0.1) is 18.8 Å². The van der Waals surface area contributed by atoms with Crippen molar-refractivity contribution in [1.82, 2.24) is 10.2 Å². The highest BCUT2D eigenvalue weighted by Crippen LogP contribution is 2.26. The fourth-order valence-corrected chi connectivity index (χ4v) is 3.58. The zero-order valence-electron chi connectivity index (χ0n) is 15.6. The average Bonchev–Trinajstić information content (AvgIpc) is 2.82. The SMILES string of the molecule is COC(=O)N1CCCC1C(=O)NC(C)(C)CC(C)(C)OC(C)C. The largest absolute Gasteiger partial charge is 0.453 e. The summed E-state index contributed by atoms with van der Waals surface area (Å²) in [6.07, 6.45) is 1.85. The standard InChI is InChI=1S/C17H32N2O4/c1-12(2)23-17(5,6)11-16(3,4)18-14(20)13-9-8-10-19(13)15(21)22-7/h12-13H,8-11H2,1-7H3,(H,18,20). The van der Waals surface area contributed by atoms with Gasteiger partial charge in [-0.25, -0.2) is 4.79 Å². The molecule has 0 saturated carbocycles. The summed E-state index contributed by atoms with van der Waals surface area (Å²) < 4.78 is 10.7. The lowest BCUT2D eigenvalue weighted by molar-refractivity contribution is -0.128. The Morgan fingerprint density at radius 2 is 1.87 bits per heavy atom. The molecule has 134 valence electrons. The van der Waals surface area contributed by atoms with Crippen molar-refractivity contribution in [1.29, 1.82) is 0 Å². The van der Waals surface area contributed by atoms with Gasteiger partial charge in [0, 0.05) is 12.1 Å². The van der Waals surface area contributed by atoms with E-state index in [0.29, 0.717) is 19.4 Å². The molecule has 0 aliphatic carbocycles. The average molecular weight is 328 g/mol. The molecule has 1 aliphatic rings. The number of hydrogen-bond donors (Lipinski definition) is 1. The Morgan fingerprint density at radius 1 is 1.26 bits per heavy atom. The number of amides is 2. The molecule has 23 heavy (non-hydrogen) atoms. The molecule has 1 rings (SSSR count). The number of rotatable bonds is 6. The molecule has 1 aliphatic heterocycles. The number of hydrogen-bond acceptors (Lipinski definition) is 4. The van der Waals surface area contributed by atoms with Gasteiger partial charge in [-0.1, -0.05) is 0 Å². The Labute approximate surface area is 139 Å². The van der Waals surface area contributed by atoms with Crippen LogP contribution in [0.25, 0.3) is 0 Å². The summed E-state index contributed by atoms with van der Waals surface area (Å²) >= 11 is 0. The molecular formula is C17H32N2O4. The number of likely N-dealkylation sites (tertiary alicyclic amines) is 1. The summed E-state index contributed by atoms with van der Waals surface area (Å²) in [6, 6.07) is -0.448. The van der Waals surface area contributed by atoms with Gasteiger partial charge >= 0.3 is 6.09 Å². The Kier molecular flexibility index (Phi) is 6.45. The van der Waals surface area contributed by atoms with Crippen molar-refractivity contribution < 1.29 is 19.1 Å². The Balaban J connectivity index is 2.69. The fourth-order valence-electron chi connectivity index (χ4n) is 3.58. The van der Waals surface area contributed by atoms with Crippen molar-refractivity contribution in [3.63, 3.8) is 0 Å². The Morgan fingerprint density at radius 3 is 2.39 bits per heavy atom. The van der Waals surface area contributed by atoms with Crippen LogP contribution in [-0.2, 0) is 14.3 Å². The van der Waals surface area contributed by atoms with Crippen LogP contribution in [0.15, 0.2) is 0 Å². The number of ether oxygens (including phenoxy) is 2. The van der Waals surface area contributed by atoms with Gasteiger partial charge in [-0.2, -0.15) is 0 Å². The van der Waals surface area contributed by atoms with Crippen LogP contribution in [0.3, 0.4) is 0 Å². The van der Waals surface area contributed by atoms with Gasteiger partial charge in [0.2, 0.25) is 5.91 Å². The predicted molar refractivity (Wildman–Crippen MR) is 89.3 cm³/mol. The molecule has 0 aromatic carbocycles. The third-order valence-electron chi connectivity index (χ3n) is 3.85. The van der Waals surface area contributed by atoms with E-state index in [-0.39, 0.29) is 17.6 Å². The van der Waals surface area contributed by atoms with Crippen molar-refractivity contribution in [2.24, 2.45) is 0 Å². The molecule has 1 atom stereocenters. The van der Waals surface area contributed by atoms with Crippen molar-refractivity contribution in [3.05, 3.63) is 0 Å². The molecule has 1 fully saturated rings. The first-order valence-electron chi connectivity index (χ1n) is 8.32. The zero-order valence-corrected chi connectivity index (χ0v) is 15.6. The second kappa shape index (κ2) is 7.51. The summed E-state index contributed by atoms with van der Waals surface area (Å²) in [5.74, 6) is -0.127. The molecule has 6 heteroatoms. The van der Waals surface area contributed by atoms with Crippen LogP contribution < -0.4 is 5.32 Å². The van der Waals surface area contributed by atoms with Gasteiger partial charge in [0.15, 0.2) is 0 Å². The molecule has 0 aromatic heterocycles. The van der Waals surface area contributed by atoms with E-state index in [0.717, 1.165) is 6.42 Å². The molecule has 1 unspecified atom stereocenters. The second-order valence-electron chi connectivity index (χ2n) is 7.80. The third-order valence-corrected chi connectivity index (χ3v) is 3.85. The topological polar surface area (TPSA) is 67.9 Å². The predicted octanol–water partition coefficient (Wildman–Crippen LogP) is 2.71. The first kappa shape index (κ1) is 19.7. The number of carbonyl (C=O) groups is 2. The van der Waals surface area contributed by atoms with Crippen LogP contribution in [0.1, 0.15) is 60.8 Å². The van der Waals surface area contributed by atoms with Crippen molar-refractivity contribution in [3.8, 4) is 0 Å². The van der Waals surface area contributed by atoms with E-state index in [1.54, 1.807) is 0 Å². The van der Waals surface area contributed by atoms with Gasteiger partial charge < -0.3 is 14.8 Å². The Bertz CT molecular complexity index is 432. The highest BCUT2D eigenvalue weighted by molar-refractivity contribution is 5.86. The van der Waals surface area contributed by atoms with Crippen LogP contribution in [0, 0.1) is 0 Å². The molecule has 0 bridgehead atoms. The zero-order chi connectivity index (χ0) is 17.8. The van der Waals surface area contributed by atoms with Gasteiger partial charge in [-0.15, -0.1) is 0 Å². The Hall–Kier alpha value is -1.30. The molecule has 1 heterocycles. The summed E-state index contributed by atoms with van der Waals surface area (Å²) in [5, 5.41) is 3.07. The molecule has 6 nitrogen and oxygen atoms in total. The van der Waals surface area contributed by atoms with Gasteiger partial charge in [0.25, 0.3) is 0 Å². The third kappa shape index (κ3) is 6.01. The normalized spacial score (nSPS) is 19.1. The quantitative estimate of drug-likeness (QED) is 0.814. The van der Waals surface area contributed by atoms with Crippen LogP contribution >= 0.6 is 0 Å². The van der Waals surface area contributed by atoms with Crippen LogP contribution in [0.4, 0.5) is 4.79 Å². The van der Waals surface area contributed by atoms with Crippen LogP contribution in [0.2, 0.25) is 0 Å². The number of nitrogens with one attached hydrogen (secondary N) is 1. The van der Waals surface area contributed by atoms with E-state index in [1.165, 1.54) is 12.0 Å². The first-order valence-corrected chi connectivity index (χ1v) is 8.32. The van der Waals surface area contributed by atoms with Gasteiger partial charge in [-0.05, 0) is 60.8 Å². The molecule has 1 N–H and O–H groups in total. The minimum absolute atomic E-state index is 0.126. The molecular weight excluding hydrogens is 296 g/mol. The van der Waals surface area contributed by atoms with Crippen molar-refractivity contribution >= 4 is 12.0 Å². The van der Waals surface area contributed by atoms with E-state index in [4.69, 9.17) is 9.47 Å². The second-order valence-corrected chi connectivity index (χ2v) is 7.80. The lowest BCUT2D eigenvalue weighted by Crippen LogP contribution is -2.54. The number of methoxy groups -OCH3 is 1. The minimum atomic E-state index is -0.448.